The van der Waals surface area contributed by atoms with E-state index in [0.29, 0.717) is 5.70 Å². The molecule has 2 heteroatoms. The normalized spacial score (nSPS) is 11.0. The maximum absolute atomic E-state index is 9.78. The molecule has 28 heavy (non-hydrogen) atoms. The van der Waals surface area contributed by atoms with Crippen LogP contribution in [0, 0.1) is 11.3 Å². The first-order valence-electron chi connectivity index (χ1n) is 9.14. The van der Waals surface area contributed by atoms with E-state index in [1.807, 2.05) is 91.0 Å². The van der Waals surface area contributed by atoms with Gasteiger partial charge in [0.25, 0.3) is 0 Å². The van der Waals surface area contributed by atoms with Crippen LogP contribution in [0.2, 0.25) is 0 Å². The van der Waals surface area contributed by atoms with Crippen LogP contribution in [0.4, 0.5) is 0 Å². The lowest BCUT2D eigenvalue weighted by atomic mass is 10.0. The number of rotatable bonds is 4. The van der Waals surface area contributed by atoms with Crippen molar-refractivity contribution in [3.63, 3.8) is 0 Å². The molecule has 0 N–H and O–H groups in total. The van der Waals surface area contributed by atoms with Crippen LogP contribution in [-0.4, -0.2) is 5.71 Å². The van der Waals surface area contributed by atoms with Gasteiger partial charge in [0.1, 0.15) is 11.8 Å². The second-order valence-corrected chi connectivity index (χ2v) is 6.40. The van der Waals surface area contributed by atoms with E-state index >= 15 is 0 Å². The molecule has 132 valence electrons. The van der Waals surface area contributed by atoms with Gasteiger partial charge >= 0.3 is 0 Å². The van der Waals surface area contributed by atoms with E-state index < -0.39 is 0 Å². The molecule has 0 radical (unpaired) electrons. The fraction of sp³-hybridized carbons (Fsp3) is 0. The molecule has 0 saturated heterocycles. The Labute approximate surface area is 164 Å². The van der Waals surface area contributed by atoms with Crippen LogP contribution in [0.3, 0.4) is 0 Å². The topological polar surface area (TPSA) is 36.1 Å². The van der Waals surface area contributed by atoms with Crippen molar-refractivity contribution in [2.75, 3.05) is 0 Å². The summed E-state index contributed by atoms with van der Waals surface area (Å²) in [5.41, 5.74) is 4.10. The van der Waals surface area contributed by atoms with Gasteiger partial charge < -0.3 is 0 Å². The van der Waals surface area contributed by atoms with Gasteiger partial charge in [0.05, 0.1) is 5.71 Å². The molecule has 0 spiro atoms. The van der Waals surface area contributed by atoms with Gasteiger partial charge in [-0.05, 0) is 22.4 Å². The van der Waals surface area contributed by atoms with E-state index in [9.17, 15) is 5.26 Å². The lowest BCUT2D eigenvalue weighted by molar-refractivity contribution is 1.38. The Hall–Kier alpha value is -3.96. The van der Waals surface area contributed by atoms with Crippen molar-refractivity contribution < 1.29 is 0 Å². The minimum absolute atomic E-state index is 0.374. The first-order valence-corrected chi connectivity index (χ1v) is 9.14. The number of benzene rings is 4. The van der Waals surface area contributed by atoms with Crippen LogP contribution < -0.4 is 0 Å². The van der Waals surface area contributed by atoms with Crippen LogP contribution in [0.1, 0.15) is 16.7 Å². The Morgan fingerprint density at radius 1 is 0.679 bits per heavy atom. The van der Waals surface area contributed by atoms with Gasteiger partial charge in [-0.2, -0.15) is 5.26 Å². The van der Waals surface area contributed by atoms with Crippen LogP contribution in [0.15, 0.2) is 114 Å². The van der Waals surface area contributed by atoms with Crippen molar-refractivity contribution in [3.8, 4) is 6.07 Å². The van der Waals surface area contributed by atoms with E-state index in [2.05, 4.69) is 24.3 Å². The fourth-order valence-electron chi connectivity index (χ4n) is 3.22. The summed E-state index contributed by atoms with van der Waals surface area (Å²) in [5, 5.41) is 12.0. The smallest absolute Gasteiger partial charge is 0.141 e. The summed E-state index contributed by atoms with van der Waals surface area (Å²) in [4.78, 5) is 4.75. The highest BCUT2D eigenvalue weighted by Gasteiger charge is 2.08. The molecule has 0 unspecified atom stereocenters. The third kappa shape index (κ3) is 3.75. The summed E-state index contributed by atoms with van der Waals surface area (Å²) in [6.07, 6.45) is 1.86. The monoisotopic (exact) mass is 358 g/mol. The van der Waals surface area contributed by atoms with Crippen molar-refractivity contribution in [1.82, 2.24) is 0 Å². The Kier molecular flexibility index (Phi) is 5.09. The number of nitriles is 1. The molecular weight excluding hydrogens is 340 g/mol. The SMILES string of the molecule is N#CC(=Cc1cccc2ccccc12)N=C(c1ccccc1)c1ccccc1. The molecular formula is C26H18N2. The molecule has 0 amide bonds. The van der Waals surface area contributed by atoms with Crippen molar-refractivity contribution >= 4 is 22.6 Å². The van der Waals surface area contributed by atoms with Crippen LogP contribution in [0.25, 0.3) is 16.8 Å². The highest BCUT2D eigenvalue weighted by atomic mass is 14.8. The molecule has 0 aliphatic heterocycles. The third-order valence-electron chi connectivity index (χ3n) is 4.56. The molecule has 2 nitrogen and oxygen atoms in total. The zero-order valence-electron chi connectivity index (χ0n) is 15.3. The highest BCUT2D eigenvalue weighted by Crippen LogP contribution is 2.22. The predicted octanol–water partition coefficient (Wildman–Crippen LogP) is 6.24. The number of nitrogens with zero attached hydrogens (tertiary/aromatic N) is 2. The molecule has 0 aliphatic carbocycles. The lowest BCUT2D eigenvalue weighted by Crippen LogP contribution is -2.03. The zero-order valence-corrected chi connectivity index (χ0v) is 15.3. The number of allylic oxidation sites excluding steroid dienone is 1. The largest absolute Gasteiger partial charge is 0.236 e. The molecule has 0 fully saturated rings. The summed E-state index contributed by atoms with van der Waals surface area (Å²) in [7, 11) is 0. The van der Waals surface area contributed by atoms with Gasteiger partial charge in [-0.25, -0.2) is 4.99 Å². The number of hydrogen-bond donors (Lipinski definition) is 0. The second-order valence-electron chi connectivity index (χ2n) is 6.40. The van der Waals surface area contributed by atoms with Gasteiger partial charge in [-0.3, -0.25) is 0 Å². The summed E-state index contributed by atoms with van der Waals surface area (Å²) < 4.78 is 0. The van der Waals surface area contributed by atoms with Crippen molar-refractivity contribution in [1.29, 1.82) is 5.26 Å². The minimum Gasteiger partial charge on any atom is -0.236 e. The van der Waals surface area contributed by atoms with E-state index in [1.165, 1.54) is 0 Å². The van der Waals surface area contributed by atoms with Crippen molar-refractivity contribution in [2.45, 2.75) is 0 Å². The van der Waals surface area contributed by atoms with Crippen molar-refractivity contribution in [3.05, 3.63) is 126 Å². The van der Waals surface area contributed by atoms with E-state index in [4.69, 9.17) is 4.99 Å². The lowest BCUT2D eigenvalue weighted by Gasteiger charge is -2.07. The van der Waals surface area contributed by atoms with Gasteiger partial charge in [-0.15, -0.1) is 0 Å². The van der Waals surface area contributed by atoms with Gasteiger partial charge in [0.2, 0.25) is 0 Å². The number of aliphatic imine (C=N–C) groups is 1. The standard InChI is InChI=1S/C26H18N2/c27-19-24(18-23-16-9-15-20-10-7-8-17-25(20)23)28-26(21-11-3-1-4-12-21)22-13-5-2-6-14-22/h1-18H. The molecule has 0 heterocycles. The van der Waals surface area contributed by atoms with Gasteiger partial charge in [0.15, 0.2) is 0 Å². The maximum atomic E-state index is 9.78. The Balaban J connectivity index is 1.86. The summed E-state index contributed by atoms with van der Waals surface area (Å²) >= 11 is 0. The Morgan fingerprint density at radius 2 is 1.25 bits per heavy atom. The first-order chi connectivity index (χ1) is 13.8. The molecule has 0 atom stereocenters. The third-order valence-corrected chi connectivity index (χ3v) is 4.56. The van der Waals surface area contributed by atoms with Gasteiger partial charge in [-0.1, -0.05) is 103 Å². The maximum Gasteiger partial charge on any atom is 0.141 e. The Morgan fingerprint density at radius 3 is 1.89 bits per heavy atom. The predicted molar refractivity (Wildman–Crippen MR) is 116 cm³/mol. The molecule has 0 saturated carbocycles. The molecule has 4 aromatic rings. The molecule has 0 bridgehead atoms. The second kappa shape index (κ2) is 8.16. The number of hydrogen-bond acceptors (Lipinski definition) is 2. The molecule has 0 aromatic heterocycles. The quantitative estimate of drug-likeness (QED) is 0.314. The number of fused-ring (bicyclic) bond motifs is 1. The average Bonchev–Trinajstić information content (AvgIpc) is 2.78. The van der Waals surface area contributed by atoms with Crippen molar-refractivity contribution in [2.24, 2.45) is 4.99 Å². The fourth-order valence-corrected chi connectivity index (χ4v) is 3.22. The Bertz CT molecular complexity index is 1150. The summed E-state index contributed by atoms with van der Waals surface area (Å²) in [5.74, 6) is 0. The average molecular weight is 358 g/mol. The van der Waals surface area contributed by atoms with E-state index in [1.54, 1.807) is 0 Å². The molecule has 4 aromatic carbocycles. The van der Waals surface area contributed by atoms with Gasteiger partial charge in [0, 0.05) is 11.1 Å². The highest BCUT2D eigenvalue weighted by molar-refractivity contribution is 6.13. The zero-order chi connectivity index (χ0) is 19.2. The molecule has 0 aliphatic rings. The molecule has 4 rings (SSSR count). The minimum atomic E-state index is 0.374. The van der Waals surface area contributed by atoms with E-state index in [-0.39, 0.29) is 0 Å². The summed E-state index contributed by atoms with van der Waals surface area (Å²) in [6, 6.07) is 36.4. The van der Waals surface area contributed by atoms with E-state index in [0.717, 1.165) is 33.2 Å². The summed E-state index contributed by atoms with van der Waals surface area (Å²) in [6.45, 7) is 0. The van der Waals surface area contributed by atoms with Crippen LogP contribution >= 0.6 is 0 Å². The van der Waals surface area contributed by atoms with Crippen LogP contribution in [-0.2, 0) is 0 Å². The first kappa shape index (κ1) is 17.5. The van der Waals surface area contributed by atoms with Crippen LogP contribution in [0.5, 0.6) is 0 Å².